The van der Waals surface area contributed by atoms with Crippen molar-refractivity contribution in [2.75, 3.05) is 13.7 Å². The van der Waals surface area contributed by atoms with Crippen LogP contribution in [0.1, 0.15) is 104 Å². The van der Waals surface area contributed by atoms with Gasteiger partial charge < -0.3 is 46.7 Å². The topological polar surface area (TPSA) is 222 Å². The minimum absolute atomic E-state index is 0.00231. The Bertz CT molecular complexity index is 1230. The van der Waals surface area contributed by atoms with Gasteiger partial charge in [0.15, 0.2) is 0 Å². The number of rotatable bonds is 13. The predicted octanol–water partition coefficient (Wildman–Crippen LogP) is 1.12. The second-order valence-electron chi connectivity index (χ2n) is 15.8. The number of nitrogens with one attached hydrogen (secondary N) is 7. The van der Waals surface area contributed by atoms with Crippen LogP contribution in [-0.2, 0) is 33.4 Å². The lowest BCUT2D eigenvalue weighted by molar-refractivity contribution is -0.150. The number of methoxy groups -OCH3 is 1. The minimum atomic E-state index is -1.55. The van der Waals surface area contributed by atoms with Crippen molar-refractivity contribution < 1.29 is 43.0 Å². The summed E-state index contributed by atoms with van der Waals surface area (Å²) in [5.41, 5.74) is -9.04. The van der Waals surface area contributed by atoms with Crippen molar-refractivity contribution in [1.29, 1.82) is 0 Å². The molecule has 0 aromatic rings. The van der Waals surface area contributed by atoms with Crippen molar-refractivity contribution in [3.8, 4) is 0 Å². The Morgan fingerprint density at radius 3 is 1.11 bits per heavy atom. The summed E-state index contributed by atoms with van der Waals surface area (Å²) in [7, 11) is 1.18. The lowest BCUT2D eigenvalue weighted by Crippen LogP contribution is -2.68. The molecule has 0 aromatic carbocycles. The summed E-state index contributed by atoms with van der Waals surface area (Å²) in [5.74, 6) is -3.49. The molecule has 7 N–H and O–H groups in total. The average Bonchev–Trinajstić information content (AvgIpc) is 2.84. The SMILES string of the molecule is COC(=O)C(C)(C)NC(=O)C(C)(C)NC(=O)C(C)(C)NC(=O)C(C)(C)NC(=O)C(C)(C)NC(=O)NCC(C)(C)NC(=O)OC(C)(C)C. The molecule has 16 nitrogen and oxygen atoms in total. The van der Waals surface area contributed by atoms with Crippen LogP contribution in [0.3, 0.4) is 0 Å². The Morgan fingerprint density at radius 1 is 0.468 bits per heavy atom. The summed E-state index contributed by atoms with van der Waals surface area (Å²) in [4.78, 5) is 89.3. The van der Waals surface area contributed by atoms with E-state index in [2.05, 4.69) is 37.2 Å². The summed E-state index contributed by atoms with van der Waals surface area (Å²) >= 11 is 0. The van der Waals surface area contributed by atoms with Gasteiger partial charge in [-0.1, -0.05) is 0 Å². The average molecular weight is 672 g/mol. The largest absolute Gasteiger partial charge is 0.467 e. The maximum Gasteiger partial charge on any atom is 0.408 e. The van der Waals surface area contributed by atoms with E-state index in [0.29, 0.717) is 0 Å². The van der Waals surface area contributed by atoms with Crippen molar-refractivity contribution >= 4 is 41.7 Å². The molecule has 0 spiro atoms. The third-order valence-corrected chi connectivity index (χ3v) is 6.63. The fraction of sp³-hybridized carbons (Fsp3) is 0.774. The smallest absolute Gasteiger partial charge is 0.408 e. The van der Waals surface area contributed by atoms with Gasteiger partial charge in [0.25, 0.3) is 0 Å². The standard InChI is InChI=1S/C31H57N7O9/c1-25(2,3)47-24(45)38-26(4,5)17-32-23(44)37-30(12,13)21(42)35-28(8,9)19(40)33-27(6,7)18(39)34-29(10,11)20(41)36-31(14,15)22(43)46-16/h17H2,1-16H3,(H,33,40)(H,34,39)(H,35,42)(H,36,41)(H,38,45)(H2,32,37,44). The lowest BCUT2D eigenvalue weighted by atomic mass is 9.94. The van der Waals surface area contributed by atoms with Gasteiger partial charge in [-0.15, -0.1) is 0 Å². The van der Waals surface area contributed by atoms with Crippen LogP contribution in [0, 0.1) is 0 Å². The van der Waals surface area contributed by atoms with E-state index >= 15 is 0 Å². The first-order valence-corrected chi connectivity index (χ1v) is 15.2. The van der Waals surface area contributed by atoms with Crippen molar-refractivity contribution in [2.24, 2.45) is 0 Å². The van der Waals surface area contributed by atoms with Crippen LogP contribution in [0.5, 0.6) is 0 Å². The molecule has 270 valence electrons. The first kappa shape index (κ1) is 42.9. The number of carbonyl (C=O) groups is 7. The van der Waals surface area contributed by atoms with Gasteiger partial charge in [0, 0.05) is 6.54 Å². The highest BCUT2D eigenvalue weighted by Gasteiger charge is 2.43. The molecule has 0 aromatic heterocycles. The van der Waals surface area contributed by atoms with E-state index < -0.39 is 80.6 Å². The Morgan fingerprint density at radius 2 is 0.787 bits per heavy atom. The summed E-state index contributed by atoms with van der Waals surface area (Å²) in [5, 5.41) is 18.1. The molecule has 0 aliphatic carbocycles. The minimum Gasteiger partial charge on any atom is -0.467 e. The van der Waals surface area contributed by atoms with E-state index in [4.69, 9.17) is 9.47 Å². The molecule has 0 atom stereocenters. The van der Waals surface area contributed by atoms with Crippen molar-refractivity contribution in [1.82, 2.24) is 37.2 Å². The van der Waals surface area contributed by atoms with Gasteiger partial charge in [0.1, 0.15) is 33.3 Å². The number of hydrogen-bond acceptors (Lipinski definition) is 9. The van der Waals surface area contributed by atoms with Gasteiger partial charge in [0.05, 0.1) is 12.6 Å². The molecule has 47 heavy (non-hydrogen) atoms. The van der Waals surface area contributed by atoms with Crippen LogP contribution in [-0.4, -0.2) is 94.2 Å². The van der Waals surface area contributed by atoms with Crippen LogP contribution in [0.4, 0.5) is 9.59 Å². The molecular weight excluding hydrogens is 614 g/mol. The van der Waals surface area contributed by atoms with Crippen LogP contribution in [0.2, 0.25) is 0 Å². The van der Waals surface area contributed by atoms with Gasteiger partial charge in [0.2, 0.25) is 23.6 Å². The first-order valence-electron chi connectivity index (χ1n) is 15.2. The Hall–Kier alpha value is -4.11. The van der Waals surface area contributed by atoms with Crippen molar-refractivity contribution in [3.05, 3.63) is 0 Å². The number of esters is 1. The molecule has 0 saturated carbocycles. The van der Waals surface area contributed by atoms with Crippen LogP contribution in [0.25, 0.3) is 0 Å². The molecule has 0 aliphatic heterocycles. The Labute approximate surface area is 278 Å². The van der Waals surface area contributed by atoms with Crippen LogP contribution < -0.4 is 37.2 Å². The Balaban J connectivity index is 5.35. The molecule has 0 unspecified atom stereocenters. The quantitative estimate of drug-likeness (QED) is 0.139. The molecule has 0 saturated heterocycles. The molecule has 16 heteroatoms. The zero-order valence-corrected chi connectivity index (χ0v) is 30.9. The number of carbonyl (C=O) groups excluding carboxylic acids is 7. The molecule has 0 radical (unpaired) electrons. The highest BCUT2D eigenvalue weighted by molar-refractivity contribution is 6.00. The molecule has 0 bridgehead atoms. The molecule has 0 fully saturated rings. The molecule has 0 heterocycles. The molecular formula is C31H57N7O9. The highest BCUT2D eigenvalue weighted by Crippen LogP contribution is 2.15. The normalized spacial score (nSPS) is 12.9. The third kappa shape index (κ3) is 14.0. The Kier molecular flexibility index (Phi) is 13.5. The first-order chi connectivity index (χ1) is 20.7. The second-order valence-corrected chi connectivity index (χ2v) is 15.8. The van der Waals surface area contributed by atoms with Gasteiger partial charge in [-0.05, 0) is 104 Å². The van der Waals surface area contributed by atoms with Gasteiger partial charge in [-0.3, -0.25) is 19.2 Å². The molecule has 0 aliphatic rings. The van der Waals surface area contributed by atoms with E-state index in [1.807, 2.05) is 0 Å². The van der Waals surface area contributed by atoms with E-state index in [9.17, 15) is 33.6 Å². The van der Waals surface area contributed by atoms with Crippen LogP contribution in [0.15, 0.2) is 0 Å². The molecule has 0 rings (SSSR count). The maximum absolute atomic E-state index is 13.3. The monoisotopic (exact) mass is 671 g/mol. The van der Waals surface area contributed by atoms with Crippen molar-refractivity contribution in [3.63, 3.8) is 0 Å². The summed E-state index contributed by atoms with van der Waals surface area (Å²) in [6.45, 7) is 22.8. The van der Waals surface area contributed by atoms with E-state index in [1.165, 1.54) is 76.3 Å². The fourth-order valence-corrected chi connectivity index (χ4v) is 3.55. The third-order valence-electron chi connectivity index (χ3n) is 6.63. The lowest BCUT2D eigenvalue weighted by Gasteiger charge is -2.36. The number of alkyl carbamates (subject to hydrolysis) is 1. The van der Waals surface area contributed by atoms with Gasteiger partial charge in [-0.25, -0.2) is 14.4 Å². The van der Waals surface area contributed by atoms with Gasteiger partial charge in [-0.2, -0.15) is 0 Å². The van der Waals surface area contributed by atoms with Crippen LogP contribution >= 0.6 is 0 Å². The number of urea groups is 1. The zero-order chi connectivity index (χ0) is 37.6. The predicted molar refractivity (Wildman–Crippen MR) is 175 cm³/mol. The summed E-state index contributed by atoms with van der Waals surface area (Å²) in [6.07, 6.45) is -0.653. The second kappa shape index (κ2) is 14.8. The number of ether oxygens (including phenoxy) is 2. The van der Waals surface area contributed by atoms with Gasteiger partial charge >= 0.3 is 18.1 Å². The number of hydrogen-bond donors (Lipinski definition) is 7. The van der Waals surface area contributed by atoms with Crippen molar-refractivity contribution in [2.45, 2.75) is 143 Å². The zero-order valence-electron chi connectivity index (χ0n) is 30.9. The maximum atomic E-state index is 13.3. The fourth-order valence-electron chi connectivity index (χ4n) is 3.55. The van der Waals surface area contributed by atoms with E-state index in [0.717, 1.165) is 0 Å². The summed E-state index contributed by atoms with van der Waals surface area (Å²) in [6, 6.07) is -0.703. The number of amides is 7. The summed E-state index contributed by atoms with van der Waals surface area (Å²) < 4.78 is 9.94. The van der Waals surface area contributed by atoms with E-state index in [1.54, 1.807) is 34.6 Å². The van der Waals surface area contributed by atoms with E-state index in [-0.39, 0.29) is 6.54 Å². The molecule has 7 amide bonds. The highest BCUT2D eigenvalue weighted by atomic mass is 16.6.